The Morgan fingerprint density at radius 2 is 2.33 bits per heavy atom. The third-order valence-electron chi connectivity index (χ3n) is 3.84. The van der Waals surface area contributed by atoms with E-state index in [4.69, 9.17) is 10.5 Å². The summed E-state index contributed by atoms with van der Waals surface area (Å²) in [5, 5.41) is 0. The SMILES string of the molecule is C[C@@H]1C[C@@H](N)CCN1C(=O)CCCOc1cccc(Br)c1. The van der Waals surface area contributed by atoms with Gasteiger partial charge in [-0.3, -0.25) is 4.79 Å². The molecular weight excluding hydrogens is 332 g/mol. The highest BCUT2D eigenvalue weighted by molar-refractivity contribution is 9.10. The first kappa shape index (κ1) is 16.3. The average molecular weight is 355 g/mol. The topological polar surface area (TPSA) is 55.6 Å². The summed E-state index contributed by atoms with van der Waals surface area (Å²) in [6.07, 6.45) is 3.08. The number of rotatable bonds is 5. The molecule has 4 nitrogen and oxygen atoms in total. The van der Waals surface area contributed by atoms with E-state index in [2.05, 4.69) is 22.9 Å². The fraction of sp³-hybridized carbons (Fsp3) is 0.562. The molecule has 2 rings (SSSR count). The number of nitrogens with zero attached hydrogens (tertiary/aromatic N) is 1. The van der Waals surface area contributed by atoms with Crippen molar-refractivity contribution in [2.24, 2.45) is 5.73 Å². The van der Waals surface area contributed by atoms with E-state index in [0.29, 0.717) is 13.0 Å². The lowest BCUT2D eigenvalue weighted by atomic mass is 9.98. The molecule has 0 aromatic heterocycles. The van der Waals surface area contributed by atoms with E-state index >= 15 is 0 Å². The van der Waals surface area contributed by atoms with Crippen LogP contribution in [0.15, 0.2) is 28.7 Å². The maximum absolute atomic E-state index is 12.2. The molecule has 1 aromatic carbocycles. The molecule has 1 fully saturated rings. The number of nitrogens with two attached hydrogens (primary N) is 1. The Labute approximate surface area is 134 Å². The minimum atomic E-state index is 0.215. The highest BCUT2D eigenvalue weighted by atomic mass is 79.9. The Balaban J connectivity index is 1.70. The van der Waals surface area contributed by atoms with Gasteiger partial charge < -0.3 is 15.4 Å². The van der Waals surface area contributed by atoms with Gasteiger partial charge in [0, 0.05) is 29.5 Å². The summed E-state index contributed by atoms with van der Waals surface area (Å²) < 4.78 is 6.64. The largest absolute Gasteiger partial charge is 0.494 e. The summed E-state index contributed by atoms with van der Waals surface area (Å²) in [5.74, 6) is 1.04. The van der Waals surface area contributed by atoms with Crippen molar-refractivity contribution in [3.05, 3.63) is 28.7 Å². The molecule has 0 spiro atoms. The summed E-state index contributed by atoms with van der Waals surface area (Å²) in [7, 11) is 0. The van der Waals surface area contributed by atoms with Crippen LogP contribution in [0.5, 0.6) is 5.75 Å². The predicted molar refractivity (Wildman–Crippen MR) is 87.3 cm³/mol. The van der Waals surface area contributed by atoms with Crippen LogP contribution >= 0.6 is 15.9 Å². The van der Waals surface area contributed by atoms with E-state index in [1.54, 1.807) is 0 Å². The molecule has 0 bridgehead atoms. The normalized spacial score (nSPS) is 22.1. The first-order valence-electron chi connectivity index (χ1n) is 7.49. The highest BCUT2D eigenvalue weighted by Gasteiger charge is 2.26. The number of ether oxygens (including phenoxy) is 1. The molecule has 1 aromatic rings. The number of likely N-dealkylation sites (tertiary alicyclic amines) is 1. The molecule has 21 heavy (non-hydrogen) atoms. The number of benzene rings is 1. The van der Waals surface area contributed by atoms with Gasteiger partial charge in [-0.25, -0.2) is 0 Å². The standard InChI is InChI=1S/C16H23BrN2O2/c1-12-10-14(18)7-8-19(12)16(20)6-3-9-21-15-5-2-4-13(17)11-15/h2,4-5,11-12,14H,3,6-10,18H2,1H3/t12-,14+/m1/s1. The van der Waals surface area contributed by atoms with E-state index in [-0.39, 0.29) is 18.0 Å². The third kappa shape index (κ3) is 5.00. The van der Waals surface area contributed by atoms with Crippen molar-refractivity contribution < 1.29 is 9.53 Å². The van der Waals surface area contributed by atoms with Crippen molar-refractivity contribution in [2.45, 2.75) is 44.7 Å². The van der Waals surface area contributed by atoms with Gasteiger partial charge in [-0.2, -0.15) is 0 Å². The lowest BCUT2D eigenvalue weighted by Crippen LogP contribution is -2.48. The average Bonchev–Trinajstić information content (AvgIpc) is 2.43. The van der Waals surface area contributed by atoms with Crippen LogP contribution in [0.1, 0.15) is 32.6 Å². The second-order valence-electron chi connectivity index (χ2n) is 5.63. The highest BCUT2D eigenvalue weighted by Crippen LogP contribution is 2.19. The quantitative estimate of drug-likeness (QED) is 0.827. The molecule has 0 radical (unpaired) electrons. The summed E-state index contributed by atoms with van der Waals surface area (Å²) in [5.41, 5.74) is 5.92. The van der Waals surface area contributed by atoms with Crippen molar-refractivity contribution in [3.63, 3.8) is 0 Å². The van der Waals surface area contributed by atoms with E-state index in [9.17, 15) is 4.79 Å². The molecule has 0 saturated carbocycles. The zero-order valence-corrected chi connectivity index (χ0v) is 14.0. The molecule has 1 amide bonds. The van der Waals surface area contributed by atoms with Crippen LogP contribution in [0.3, 0.4) is 0 Å². The monoisotopic (exact) mass is 354 g/mol. The second-order valence-corrected chi connectivity index (χ2v) is 6.55. The van der Waals surface area contributed by atoms with Gasteiger partial charge in [0.05, 0.1) is 6.61 Å². The van der Waals surface area contributed by atoms with Crippen molar-refractivity contribution in [1.29, 1.82) is 0 Å². The first-order chi connectivity index (χ1) is 10.1. The predicted octanol–water partition coefficient (Wildman–Crippen LogP) is 2.95. The summed E-state index contributed by atoms with van der Waals surface area (Å²) in [4.78, 5) is 14.2. The van der Waals surface area contributed by atoms with Crippen LogP contribution in [0.4, 0.5) is 0 Å². The Kier molecular flexibility index (Phi) is 6.06. The van der Waals surface area contributed by atoms with E-state index in [1.807, 2.05) is 29.2 Å². The van der Waals surface area contributed by atoms with Gasteiger partial charge in [0.2, 0.25) is 5.91 Å². The van der Waals surface area contributed by atoms with Gasteiger partial charge in [0.1, 0.15) is 5.75 Å². The molecule has 1 aliphatic rings. The van der Waals surface area contributed by atoms with E-state index in [0.717, 1.165) is 36.0 Å². The fourth-order valence-corrected chi connectivity index (χ4v) is 3.07. The molecule has 2 atom stereocenters. The van der Waals surface area contributed by atoms with Crippen molar-refractivity contribution >= 4 is 21.8 Å². The van der Waals surface area contributed by atoms with Gasteiger partial charge in [-0.05, 0) is 44.4 Å². The van der Waals surface area contributed by atoms with Crippen molar-refractivity contribution in [3.8, 4) is 5.75 Å². The smallest absolute Gasteiger partial charge is 0.222 e. The maximum atomic E-state index is 12.2. The molecule has 0 unspecified atom stereocenters. The van der Waals surface area contributed by atoms with Crippen LogP contribution in [0, 0.1) is 0 Å². The van der Waals surface area contributed by atoms with Gasteiger partial charge in [0.25, 0.3) is 0 Å². The molecule has 0 aliphatic carbocycles. The zero-order chi connectivity index (χ0) is 15.2. The van der Waals surface area contributed by atoms with Crippen LogP contribution in [-0.4, -0.2) is 36.0 Å². The number of hydrogen-bond acceptors (Lipinski definition) is 3. The van der Waals surface area contributed by atoms with Crippen molar-refractivity contribution in [2.75, 3.05) is 13.2 Å². The minimum Gasteiger partial charge on any atom is -0.494 e. The fourth-order valence-electron chi connectivity index (χ4n) is 2.69. The molecule has 1 heterocycles. The van der Waals surface area contributed by atoms with Crippen LogP contribution < -0.4 is 10.5 Å². The van der Waals surface area contributed by atoms with Gasteiger partial charge in [0.15, 0.2) is 0 Å². The lowest BCUT2D eigenvalue weighted by molar-refractivity contribution is -0.134. The Hall–Kier alpha value is -1.07. The second kappa shape index (κ2) is 7.80. The number of hydrogen-bond donors (Lipinski definition) is 1. The minimum absolute atomic E-state index is 0.215. The summed E-state index contributed by atoms with van der Waals surface area (Å²) >= 11 is 3.41. The number of carbonyl (C=O) groups is 1. The molecule has 2 N–H and O–H groups in total. The third-order valence-corrected chi connectivity index (χ3v) is 4.33. The molecule has 5 heteroatoms. The summed E-state index contributed by atoms with van der Waals surface area (Å²) in [6, 6.07) is 8.23. The Morgan fingerprint density at radius 3 is 3.05 bits per heavy atom. The molecule has 1 saturated heterocycles. The molecule has 116 valence electrons. The number of amides is 1. The van der Waals surface area contributed by atoms with Gasteiger partial charge in [-0.15, -0.1) is 0 Å². The van der Waals surface area contributed by atoms with Gasteiger partial charge >= 0.3 is 0 Å². The molecular formula is C16H23BrN2O2. The number of piperidine rings is 1. The van der Waals surface area contributed by atoms with Crippen LogP contribution in [-0.2, 0) is 4.79 Å². The van der Waals surface area contributed by atoms with Crippen LogP contribution in [0.2, 0.25) is 0 Å². The number of carbonyl (C=O) groups excluding carboxylic acids is 1. The van der Waals surface area contributed by atoms with E-state index in [1.165, 1.54) is 0 Å². The zero-order valence-electron chi connectivity index (χ0n) is 12.4. The Morgan fingerprint density at radius 1 is 1.52 bits per heavy atom. The maximum Gasteiger partial charge on any atom is 0.222 e. The van der Waals surface area contributed by atoms with Crippen molar-refractivity contribution in [1.82, 2.24) is 4.90 Å². The molecule has 1 aliphatic heterocycles. The lowest BCUT2D eigenvalue weighted by Gasteiger charge is -2.36. The van der Waals surface area contributed by atoms with Crippen LogP contribution in [0.25, 0.3) is 0 Å². The van der Waals surface area contributed by atoms with E-state index < -0.39 is 0 Å². The Bertz CT molecular complexity index is 481. The van der Waals surface area contributed by atoms with Gasteiger partial charge in [-0.1, -0.05) is 22.0 Å². The summed E-state index contributed by atoms with van der Waals surface area (Å²) in [6.45, 7) is 3.42. The first-order valence-corrected chi connectivity index (χ1v) is 8.29. The number of halogens is 1.